The van der Waals surface area contributed by atoms with E-state index in [1.165, 1.54) is 17.1 Å². The van der Waals surface area contributed by atoms with Gasteiger partial charge >= 0.3 is 0 Å². The summed E-state index contributed by atoms with van der Waals surface area (Å²) in [5.74, 6) is -0.907. The van der Waals surface area contributed by atoms with Crippen molar-refractivity contribution in [2.45, 2.75) is 64.6 Å². The third kappa shape index (κ3) is 6.01. The predicted molar refractivity (Wildman–Crippen MR) is 138 cm³/mol. The molecule has 3 heterocycles. The Morgan fingerprint density at radius 2 is 1.97 bits per heavy atom. The number of aliphatic hydroxyl groups is 1. The summed E-state index contributed by atoms with van der Waals surface area (Å²) < 4.78 is 16.6. The highest BCUT2D eigenvalue weighted by Gasteiger charge is 2.33. The van der Waals surface area contributed by atoms with Gasteiger partial charge in [-0.25, -0.2) is 4.39 Å². The van der Waals surface area contributed by atoms with Crippen molar-refractivity contribution < 1.29 is 19.1 Å². The number of pyridine rings is 1. The Morgan fingerprint density at radius 3 is 2.66 bits per heavy atom. The Labute approximate surface area is 219 Å². The lowest BCUT2D eigenvalue weighted by Crippen LogP contribution is -2.49. The lowest BCUT2D eigenvalue weighted by Gasteiger charge is -2.32. The summed E-state index contributed by atoms with van der Waals surface area (Å²) in [7, 11) is 0. The average molecular weight is 528 g/mol. The second-order valence-electron chi connectivity index (χ2n) is 10.2. The molecule has 1 fully saturated rings. The largest absolute Gasteiger partial charge is 0.394 e. The van der Waals surface area contributed by atoms with Crippen LogP contribution in [0.1, 0.15) is 74.6 Å². The van der Waals surface area contributed by atoms with Gasteiger partial charge in [0, 0.05) is 30.2 Å². The molecule has 12 heteroatoms. The van der Waals surface area contributed by atoms with Crippen LogP contribution in [0.25, 0.3) is 0 Å². The number of nitrogens with one attached hydrogen (secondary N) is 3. The Balaban J connectivity index is 1.54. The molecule has 204 valence electrons. The zero-order valence-corrected chi connectivity index (χ0v) is 21.7. The van der Waals surface area contributed by atoms with Gasteiger partial charge in [0.1, 0.15) is 23.6 Å². The molecule has 38 heavy (non-hydrogen) atoms. The molecule has 0 aromatic carbocycles. The number of hydrogen-bond acceptors (Lipinski definition) is 6. The minimum absolute atomic E-state index is 0.00305. The molecule has 11 nitrogen and oxygen atoms in total. The van der Waals surface area contributed by atoms with Crippen LogP contribution >= 0.6 is 0 Å². The maximum Gasteiger partial charge on any atom is 0.270 e. The van der Waals surface area contributed by atoms with Gasteiger partial charge in [-0.15, -0.1) is 0 Å². The third-order valence-corrected chi connectivity index (χ3v) is 7.11. The van der Waals surface area contributed by atoms with E-state index in [0.29, 0.717) is 17.3 Å². The number of hydrogen-bond donors (Lipinski definition) is 4. The molecule has 3 aromatic rings. The third-order valence-electron chi connectivity index (χ3n) is 7.11. The van der Waals surface area contributed by atoms with Crippen molar-refractivity contribution in [1.29, 1.82) is 0 Å². The molecule has 4 rings (SSSR count). The molecule has 0 saturated heterocycles. The molecule has 0 spiro atoms. The van der Waals surface area contributed by atoms with E-state index in [0.717, 1.165) is 37.9 Å². The Bertz CT molecular complexity index is 1320. The first-order valence-electron chi connectivity index (χ1n) is 12.9. The first-order chi connectivity index (χ1) is 18.2. The van der Waals surface area contributed by atoms with Crippen LogP contribution in [0.3, 0.4) is 0 Å². The van der Waals surface area contributed by atoms with Crippen LogP contribution in [-0.2, 0) is 4.79 Å². The van der Waals surface area contributed by atoms with Crippen LogP contribution in [0.2, 0.25) is 0 Å². The number of carbonyl (C=O) groups is 2. The lowest BCUT2D eigenvalue weighted by atomic mass is 9.79. The van der Waals surface area contributed by atoms with Gasteiger partial charge in [-0.1, -0.05) is 19.8 Å². The molecule has 0 radical (unpaired) electrons. The van der Waals surface area contributed by atoms with Gasteiger partial charge < -0.3 is 20.7 Å². The first kappa shape index (κ1) is 27.2. The molecule has 3 aromatic heterocycles. The van der Waals surface area contributed by atoms with Crippen molar-refractivity contribution >= 4 is 17.5 Å². The minimum Gasteiger partial charge on any atom is -0.394 e. The van der Waals surface area contributed by atoms with E-state index in [1.807, 2.05) is 13.8 Å². The number of aromatic nitrogens is 5. The Kier molecular flexibility index (Phi) is 8.40. The highest BCUT2D eigenvalue weighted by molar-refractivity contribution is 6.00. The molecule has 2 atom stereocenters. The van der Waals surface area contributed by atoms with E-state index in [-0.39, 0.29) is 23.4 Å². The van der Waals surface area contributed by atoms with E-state index in [9.17, 15) is 23.9 Å². The maximum atomic E-state index is 13.7. The summed E-state index contributed by atoms with van der Waals surface area (Å²) in [5, 5.41) is 24.0. The Morgan fingerprint density at radius 1 is 1.24 bits per heavy atom. The average Bonchev–Trinajstić information content (AvgIpc) is 3.56. The topological polar surface area (TPSA) is 147 Å². The van der Waals surface area contributed by atoms with Crippen LogP contribution in [0.5, 0.6) is 0 Å². The number of amides is 2. The van der Waals surface area contributed by atoms with Gasteiger partial charge in [0.05, 0.1) is 18.5 Å². The molecule has 0 bridgehead atoms. The zero-order chi connectivity index (χ0) is 27.4. The monoisotopic (exact) mass is 527 g/mol. The summed E-state index contributed by atoms with van der Waals surface area (Å²) in [6, 6.07) is 0.905. The molecular weight excluding hydrogens is 493 g/mol. The molecule has 2 amide bonds. The fourth-order valence-electron chi connectivity index (χ4n) is 4.98. The van der Waals surface area contributed by atoms with Crippen LogP contribution in [0.4, 0.5) is 10.1 Å². The maximum absolute atomic E-state index is 13.7. The number of carbonyl (C=O) groups excluding carboxylic acids is 2. The van der Waals surface area contributed by atoms with Crippen molar-refractivity contribution in [3.8, 4) is 0 Å². The summed E-state index contributed by atoms with van der Waals surface area (Å²) in [6.45, 7) is 5.52. The number of aromatic amines is 1. The first-order valence-corrected chi connectivity index (χ1v) is 12.9. The normalized spacial score (nSPS) is 19.2. The lowest BCUT2D eigenvalue weighted by molar-refractivity contribution is -0.119. The van der Waals surface area contributed by atoms with E-state index >= 15 is 0 Å². The van der Waals surface area contributed by atoms with Crippen molar-refractivity contribution in [1.82, 2.24) is 29.9 Å². The van der Waals surface area contributed by atoms with E-state index in [4.69, 9.17) is 0 Å². The van der Waals surface area contributed by atoms with Crippen molar-refractivity contribution in [2.24, 2.45) is 11.8 Å². The molecular formula is C26H34FN7O4. The zero-order valence-electron chi connectivity index (χ0n) is 21.7. The van der Waals surface area contributed by atoms with Crippen LogP contribution in [-0.4, -0.2) is 54.1 Å². The van der Waals surface area contributed by atoms with E-state index < -0.39 is 36.0 Å². The molecule has 2 unspecified atom stereocenters. The van der Waals surface area contributed by atoms with Crippen LogP contribution in [0, 0.1) is 17.7 Å². The molecule has 1 aliphatic carbocycles. The van der Waals surface area contributed by atoms with E-state index in [2.05, 4.69) is 32.7 Å². The number of H-pyrrole nitrogens is 1. The van der Waals surface area contributed by atoms with Gasteiger partial charge in [-0.2, -0.15) is 10.2 Å². The second-order valence-corrected chi connectivity index (χ2v) is 10.2. The molecule has 4 N–H and O–H groups in total. The number of halogens is 1. The van der Waals surface area contributed by atoms with Gasteiger partial charge in [0.25, 0.3) is 11.5 Å². The Hall–Kier alpha value is -3.80. The number of anilines is 1. The fourth-order valence-corrected chi connectivity index (χ4v) is 4.98. The summed E-state index contributed by atoms with van der Waals surface area (Å²) in [6.07, 6.45) is 8.86. The number of nitrogens with zero attached hydrogens (tertiary/aromatic N) is 4. The van der Waals surface area contributed by atoms with Crippen molar-refractivity contribution in [2.75, 3.05) is 11.9 Å². The van der Waals surface area contributed by atoms with Crippen molar-refractivity contribution in [3.05, 3.63) is 64.3 Å². The second kappa shape index (κ2) is 11.7. The van der Waals surface area contributed by atoms with Crippen molar-refractivity contribution in [3.63, 3.8) is 0 Å². The number of rotatable bonds is 9. The van der Waals surface area contributed by atoms with E-state index in [1.54, 1.807) is 16.9 Å². The van der Waals surface area contributed by atoms with Crippen LogP contribution in [0.15, 0.2) is 41.7 Å². The van der Waals surface area contributed by atoms with Gasteiger partial charge in [0.15, 0.2) is 0 Å². The smallest absolute Gasteiger partial charge is 0.270 e. The quantitative estimate of drug-likeness (QED) is 0.336. The molecule has 1 saturated carbocycles. The standard InChI is InChI=1S/C26H34FN7O4/c1-15(2)34-21(8-9-29-34)25(37)32-23(17-6-4-16(3)5-7-17)26(38)31-19-12-30-33(13-19)22(14-35)20-10-18(27)11-28-24(20)36/h8-13,15-17,22-23,35H,4-7,14H2,1-3H3,(H,28,36)(H,31,38)(H,32,37). The summed E-state index contributed by atoms with van der Waals surface area (Å²) in [5.41, 5.74) is 0.135. The van der Waals surface area contributed by atoms with Crippen LogP contribution < -0.4 is 16.2 Å². The van der Waals surface area contributed by atoms with Gasteiger partial charge in [-0.05, 0) is 50.7 Å². The minimum atomic E-state index is -0.952. The molecule has 0 aliphatic heterocycles. The summed E-state index contributed by atoms with van der Waals surface area (Å²) >= 11 is 0. The molecule has 1 aliphatic rings. The fraction of sp³-hybridized carbons (Fsp3) is 0.500. The number of aliphatic hydroxyl groups excluding tert-OH is 1. The SMILES string of the molecule is CC1CCC(C(NC(=O)c2ccnn2C(C)C)C(=O)Nc2cnn(C(CO)c3cc(F)c[nH]c3=O)c2)CC1. The summed E-state index contributed by atoms with van der Waals surface area (Å²) in [4.78, 5) is 41.2. The van der Waals surface area contributed by atoms with Gasteiger partial charge in [0.2, 0.25) is 5.91 Å². The highest BCUT2D eigenvalue weighted by Crippen LogP contribution is 2.31. The predicted octanol–water partition coefficient (Wildman–Crippen LogP) is 2.63. The highest BCUT2D eigenvalue weighted by atomic mass is 19.1. The van der Waals surface area contributed by atoms with Gasteiger partial charge in [-0.3, -0.25) is 23.7 Å².